The quantitative estimate of drug-likeness (QED) is 0.460. The van der Waals surface area contributed by atoms with Crippen LogP contribution in [0, 0.1) is 5.92 Å². The second-order valence-corrected chi connectivity index (χ2v) is 9.52. The molecular formula is C25H34FN5O2. The van der Waals surface area contributed by atoms with Gasteiger partial charge in [0.15, 0.2) is 0 Å². The summed E-state index contributed by atoms with van der Waals surface area (Å²) in [6.45, 7) is 4.64. The van der Waals surface area contributed by atoms with Gasteiger partial charge in [-0.3, -0.25) is 10.3 Å². The summed E-state index contributed by atoms with van der Waals surface area (Å²) in [5.41, 5.74) is 10.8. The Hall–Kier alpha value is -2.26. The van der Waals surface area contributed by atoms with Gasteiger partial charge in [0, 0.05) is 31.5 Å². The molecule has 1 aromatic heterocycles. The number of fused-ring (bicyclic) bond motifs is 1. The van der Waals surface area contributed by atoms with E-state index in [0.717, 1.165) is 61.4 Å². The fourth-order valence-corrected chi connectivity index (χ4v) is 5.90. The number of hydrogen-bond donors (Lipinski definition) is 5. The molecule has 2 fully saturated rings. The molecule has 0 radical (unpaired) electrons. The van der Waals surface area contributed by atoms with Crippen LogP contribution < -0.4 is 10.9 Å². The average Bonchev–Trinajstić information content (AvgIpc) is 3.48. The third kappa shape index (κ3) is 4.33. The minimum Gasteiger partial charge on any atom is -0.508 e. The van der Waals surface area contributed by atoms with E-state index in [1.165, 1.54) is 5.57 Å². The number of aromatic nitrogens is 2. The highest BCUT2D eigenvalue weighted by atomic mass is 19.1. The highest BCUT2D eigenvalue weighted by molar-refractivity contribution is 5.64. The molecule has 1 aromatic carbocycles. The number of rotatable bonds is 6. The Kier molecular flexibility index (Phi) is 6.51. The average molecular weight is 456 g/mol. The van der Waals surface area contributed by atoms with Crippen LogP contribution in [0.1, 0.15) is 60.8 Å². The number of aliphatic hydroxyl groups is 1. The van der Waals surface area contributed by atoms with Crippen LogP contribution >= 0.6 is 0 Å². The molecular weight excluding hydrogens is 421 g/mol. The number of nitrogens with one attached hydrogen (secondary N) is 3. The molecule has 3 heterocycles. The summed E-state index contributed by atoms with van der Waals surface area (Å²) >= 11 is 0. The first-order valence-electron chi connectivity index (χ1n) is 12.1. The minimum absolute atomic E-state index is 0.0638. The first-order valence-corrected chi connectivity index (χ1v) is 12.1. The number of phenolic OH excluding ortho intramolecular Hbond substituents is 1. The second-order valence-electron chi connectivity index (χ2n) is 9.52. The maximum atomic E-state index is 15.8. The Morgan fingerprint density at radius 1 is 1.24 bits per heavy atom. The van der Waals surface area contributed by atoms with Crippen molar-refractivity contribution in [1.82, 2.24) is 25.7 Å². The minimum atomic E-state index is -1.02. The summed E-state index contributed by atoms with van der Waals surface area (Å²) in [6.07, 6.45) is 6.50. The number of imidazole rings is 1. The van der Waals surface area contributed by atoms with Crippen molar-refractivity contribution in [3.05, 3.63) is 53.1 Å². The molecule has 1 aliphatic carbocycles. The molecule has 2 aliphatic heterocycles. The number of benzene rings is 1. The van der Waals surface area contributed by atoms with Crippen LogP contribution in [0.3, 0.4) is 0 Å². The van der Waals surface area contributed by atoms with Gasteiger partial charge >= 0.3 is 0 Å². The second kappa shape index (κ2) is 9.54. The zero-order valence-electron chi connectivity index (χ0n) is 19.1. The third-order valence-electron chi connectivity index (χ3n) is 7.62. The van der Waals surface area contributed by atoms with Gasteiger partial charge in [-0.1, -0.05) is 19.1 Å². The maximum Gasteiger partial charge on any atom is 0.125 e. The summed E-state index contributed by atoms with van der Waals surface area (Å²) < 4.78 is 15.8. The summed E-state index contributed by atoms with van der Waals surface area (Å²) in [7, 11) is 0. The lowest BCUT2D eigenvalue weighted by Crippen LogP contribution is -2.45. The summed E-state index contributed by atoms with van der Waals surface area (Å²) in [5.74, 6) is 1.02. The van der Waals surface area contributed by atoms with Crippen LogP contribution in [-0.4, -0.2) is 63.5 Å². The number of hydrazine groups is 1. The van der Waals surface area contributed by atoms with E-state index in [-0.39, 0.29) is 36.3 Å². The highest BCUT2D eigenvalue weighted by Crippen LogP contribution is 2.45. The van der Waals surface area contributed by atoms with E-state index in [9.17, 15) is 10.2 Å². The van der Waals surface area contributed by atoms with E-state index in [4.69, 9.17) is 0 Å². The van der Waals surface area contributed by atoms with Crippen LogP contribution in [0.4, 0.5) is 4.39 Å². The van der Waals surface area contributed by atoms with Gasteiger partial charge < -0.3 is 15.2 Å². The lowest BCUT2D eigenvalue weighted by Gasteiger charge is -2.36. The van der Waals surface area contributed by atoms with Crippen molar-refractivity contribution in [2.45, 2.75) is 56.8 Å². The predicted octanol–water partition coefficient (Wildman–Crippen LogP) is 2.81. The number of hydrogen-bond acceptors (Lipinski definition) is 6. The number of aromatic hydroxyl groups is 1. The first-order chi connectivity index (χ1) is 16.1. The lowest BCUT2D eigenvalue weighted by molar-refractivity contribution is 0.135. The van der Waals surface area contributed by atoms with E-state index >= 15 is 4.39 Å². The van der Waals surface area contributed by atoms with E-state index in [1.54, 1.807) is 12.1 Å². The molecule has 7 nitrogen and oxygen atoms in total. The smallest absolute Gasteiger partial charge is 0.125 e. The standard InChI is InChI=1S/C25H34FN5O2/c1-2-15-12-17(33)5-6-18(15)19-7-8-20-23(22(19)26)29-30-24(20)25-27-13-21(28-25)16-4-3-9-31(14-16)10-11-32/h4-6,12-13,19-20,22-24,29-30,32-33H,2-3,7-11,14H2,1H3,(H,27,28). The molecule has 0 amide bonds. The third-order valence-corrected chi connectivity index (χ3v) is 7.62. The van der Waals surface area contributed by atoms with E-state index in [0.29, 0.717) is 6.54 Å². The van der Waals surface area contributed by atoms with E-state index < -0.39 is 6.17 Å². The van der Waals surface area contributed by atoms with Crippen molar-refractivity contribution in [3.63, 3.8) is 0 Å². The molecule has 0 spiro atoms. The number of alkyl halides is 1. The molecule has 8 heteroatoms. The summed E-state index contributed by atoms with van der Waals surface area (Å²) in [6, 6.07) is 4.98. The van der Waals surface area contributed by atoms with Crippen LogP contribution in [-0.2, 0) is 6.42 Å². The molecule has 5 unspecified atom stereocenters. The fraction of sp³-hybridized carbons (Fsp3) is 0.560. The van der Waals surface area contributed by atoms with Crippen molar-refractivity contribution in [1.29, 1.82) is 0 Å². The SMILES string of the molecule is CCc1cc(O)ccc1C1CCC2C(c3ncc(C4=CCCN(CCO)C4)[nH]3)NNC2C1F. The van der Waals surface area contributed by atoms with Crippen LogP contribution in [0.5, 0.6) is 5.75 Å². The molecule has 2 aromatic rings. The molecule has 178 valence electrons. The van der Waals surface area contributed by atoms with Gasteiger partial charge in [-0.15, -0.1) is 0 Å². The molecule has 3 aliphatic rings. The van der Waals surface area contributed by atoms with Crippen LogP contribution in [0.25, 0.3) is 5.57 Å². The predicted molar refractivity (Wildman–Crippen MR) is 125 cm³/mol. The van der Waals surface area contributed by atoms with Gasteiger partial charge in [0.05, 0.1) is 30.6 Å². The highest BCUT2D eigenvalue weighted by Gasteiger charge is 2.48. The molecule has 33 heavy (non-hydrogen) atoms. The zero-order valence-corrected chi connectivity index (χ0v) is 19.1. The van der Waals surface area contributed by atoms with Crippen molar-refractivity contribution < 1.29 is 14.6 Å². The van der Waals surface area contributed by atoms with Gasteiger partial charge in [-0.25, -0.2) is 14.8 Å². The Labute approximate surface area is 194 Å². The summed E-state index contributed by atoms with van der Waals surface area (Å²) in [5, 5.41) is 19.1. The molecule has 1 saturated heterocycles. The van der Waals surface area contributed by atoms with Gasteiger partial charge in [0.25, 0.3) is 0 Å². The number of aliphatic hydroxyl groups excluding tert-OH is 1. The van der Waals surface area contributed by atoms with Crippen molar-refractivity contribution in [3.8, 4) is 5.75 Å². The Balaban J connectivity index is 1.30. The normalized spacial score (nSPS) is 30.3. The molecule has 1 saturated carbocycles. The van der Waals surface area contributed by atoms with E-state index in [2.05, 4.69) is 31.8 Å². The number of aryl methyl sites for hydroxylation is 1. The largest absolute Gasteiger partial charge is 0.508 e. The number of phenols is 1. The number of halogens is 1. The van der Waals surface area contributed by atoms with Gasteiger partial charge in [-0.05, 0) is 54.5 Å². The molecule has 5 atom stereocenters. The van der Waals surface area contributed by atoms with Crippen LogP contribution in [0.15, 0.2) is 30.5 Å². The van der Waals surface area contributed by atoms with E-state index in [1.807, 2.05) is 19.2 Å². The number of H-pyrrole nitrogens is 1. The fourth-order valence-electron chi connectivity index (χ4n) is 5.90. The van der Waals surface area contributed by atoms with Crippen molar-refractivity contribution in [2.24, 2.45) is 5.92 Å². The number of nitrogens with zero attached hydrogens (tertiary/aromatic N) is 2. The van der Waals surface area contributed by atoms with Crippen LogP contribution in [0.2, 0.25) is 0 Å². The van der Waals surface area contributed by atoms with Crippen molar-refractivity contribution in [2.75, 3.05) is 26.2 Å². The Morgan fingerprint density at radius 3 is 2.94 bits per heavy atom. The lowest BCUT2D eigenvalue weighted by atomic mass is 9.71. The van der Waals surface area contributed by atoms with Gasteiger partial charge in [0.2, 0.25) is 0 Å². The van der Waals surface area contributed by atoms with Gasteiger partial charge in [-0.2, -0.15) is 0 Å². The Morgan fingerprint density at radius 2 is 2.12 bits per heavy atom. The number of β-amino-alcohol motifs (C(OH)–C–C–N with tert-alkyl or cyclic N) is 1. The molecule has 0 bridgehead atoms. The Bertz CT molecular complexity index is 1010. The van der Waals surface area contributed by atoms with Crippen molar-refractivity contribution >= 4 is 5.57 Å². The molecule has 5 N–H and O–H groups in total. The first kappa shape index (κ1) is 22.5. The summed E-state index contributed by atoms with van der Waals surface area (Å²) in [4.78, 5) is 10.4. The number of aromatic amines is 1. The maximum absolute atomic E-state index is 15.8. The zero-order chi connectivity index (χ0) is 22.9. The topological polar surface area (TPSA) is 96.4 Å². The monoisotopic (exact) mass is 455 g/mol. The van der Waals surface area contributed by atoms with Gasteiger partial charge in [0.1, 0.15) is 17.7 Å². The molecule has 5 rings (SSSR count).